The van der Waals surface area contributed by atoms with Crippen molar-refractivity contribution in [3.05, 3.63) is 11.6 Å². The van der Waals surface area contributed by atoms with Crippen LogP contribution in [0.3, 0.4) is 0 Å². The van der Waals surface area contributed by atoms with Gasteiger partial charge in [-0.2, -0.15) is 0 Å². The highest BCUT2D eigenvalue weighted by molar-refractivity contribution is 5.27. The summed E-state index contributed by atoms with van der Waals surface area (Å²) in [5, 5.41) is 31.3. The summed E-state index contributed by atoms with van der Waals surface area (Å²) in [6.07, 6.45) is 8.05. The molecule has 0 bridgehead atoms. The van der Waals surface area contributed by atoms with Gasteiger partial charge in [0.1, 0.15) is 0 Å². The summed E-state index contributed by atoms with van der Waals surface area (Å²) in [4.78, 5) is 0. The molecule has 4 aliphatic carbocycles. The lowest BCUT2D eigenvalue weighted by Gasteiger charge is -2.58. The monoisotopic (exact) mass is 306 g/mol. The highest BCUT2D eigenvalue weighted by Gasteiger charge is 2.60. The maximum absolute atomic E-state index is 10.9. The average Bonchev–Trinajstić information content (AvgIpc) is 2.77. The minimum Gasteiger partial charge on any atom is -0.393 e. The zero-order valence-electron chi connectivity index (χ0n) is 13.8. The SMILES string of the molecule is C[C@]12CC[C@H]3[C@@H](C(O)C=C4CC(O)CC[C@@]43C)[C@@H]1CC[C@@H]2O. The molecule has 4 rings (SSSR count). The fourth-order valence-electron chi connectivity index (χ4n) is 6.60. The molecule has 3 nitrogen and oxygen atoms in total. The first kappa shape index (κ1) is 15.2. The van der Waals surface area contributed by atoms with Crippen LogP contribution in [0, 0.1) is 28.6 Å². The number of fused-ring (bicyclic) bond motifs is 5. The highest BCUT2D eigenvalue weighted by atomic mass is 16.3. The number of rotatable bonds is 0. The summed E-state index contributed by atoms with van der Waals surface area (Å²) < 4.78 is 0. The first-order valence-electron chi connectivity index (χ1n) is 9.11. The molecule has 2 unspecified atom stereocenters. The highest BCUT2D eigenvalue weighted by Crippen LogP contribution is 2.64. The third kappa shape index (κ3) is 1.85. The lowest BCUT2D eigenvalue weighted by atomic mass is 9.47. The van der Waals surface area contributed by atoms with E-state index in [1.807, 2.05) is 0 Å². The van der Waals surface area contributed by atoms with Crippen LogP contribution >= 0.6 is 0 Å². The van der Waals surface area contributed by atoms with Crippen LogP contribution in [0.4, 0.5) is 0 Å². The van der Waals surface area contributed by atoms with Crippen LogP contribution in [0.25, 0.3) is 0 Å². The Morgan fingerprint density at radius 2 is 1.73 bits per heavy atom. The molecule has 3 fully saturated rings. The molecular formula is C19H30O3. The summed E-state index contributed by atoms with van der Waals surface area (Å²) in [5.41, 5.74) is 1.44. The molecule has 3 heteroatoms. The number of aliphatic hydroxyl groups excluding tert-OH is 3. The molecule has 0 aromatic heterocycles. The molecular weight excluding hydrogens is 276 g/mol. The van der Waals surface area contributed by atoms with E-state index in [0.29, 0.717) is 17.8 Å². The Hall–Kier alpha value is -0.380. The number of aliphatic hydroxyl groups is 3. The second-order valence-corrected chi connectivity index (χ2v) is 8.92. The van der Waals surface area contributed by atoms with Gasteiger partial charge in [-0.05, 0) is 73.5 Å². The van der Waals surface area contributed by atoms with E-state index in [0.717, 1.165) is 44.9 Å². The molecule has 0 saturated heterocycles. The van der Waals surface area contributed by atoms with E-state index in [1.165, 1.54) is 5.57 Å². The van der Waals surface area contributed by atoms with Crippen molar-refractivity contribution >= 4 is 0 Å². The normalized spacial score (nSPS) is 57.6. The maximum Gasteiger partial charge on any atom is 0.0757 e. The smallest absolute Gasteiger partial charge is 0.0757 e. The van der Waals surface area contributed by atoms with Gasteiger partial charge in [0.05, 0.1) is 18.3 Å². The predicted octanol–water partition coefficient (Wildman–Crippen LogP) is 2.64. The van der Waals surface area contributed by atoms with Crippen molar-refractivity contribution in [2.45, 2.75) is 77.1 Å². The summed E-state index contributed by atoms with van der Waals surface area (Å²) >= 11 is 0. The van der Waals surface area contributed by atoms with Gasteiger partial charge in [-0.15, -0.1) is 0 Å². The lowest BCUT2D eigenvalue weighted by molar-refractivity contribution is -0.105. The van der Waals surface area contributed by atoms with Crippen LogP contribution in [-0.4, -0.2) is 33.6 Å². The van der Waals surface area contributed by atoms with E-state index in [1.54, 1.807) is 0 Å². The minimum atomic E-state index is -0.395. The predicted molar refractivity (Wildman–Crippen MR) is 85.1 cm³/mol. The van der Waals surface area contributed by atoms with E-state index >= 15 is 0 Å². The van der Waals surface area contributed by atoms with Crippen molar-refractivity contribution in [1.82, 2.24) is 0 Å². The van der Waals surface area contributed by atoms with Crippen LogP contribution in [0.1, 0.15) is 58.8 Å². The molecule has 124 valence electrons. The summed E-state index contributed by atoms with van der Waals surface area (Å²) in [7, 11) is 0. The van der Waals surface area contributed by atoms with Gasteiger partial charge in [0.25, 0.3) is 0 Å². The molecule has 8 atom stereocenters. The Bertz CT molecular complexity index is 501. The molecule has 3 N–H and O–H groups in total. The third-order valence-electron chi connectivity index (χ3n) is 8.05. The third-order valence-corrected chi connectivity index (χ3v) is 8.05. The summed E-state index contributed by atoms with van der Waals surface area (Å²) in [6.45, 7) is 4.60. The quantitative estimate of drug-likeness (QED) is 0.603. The van der Waals surface area contributed by atoms with E-state index in [9.17, 15) is 15.3 Å². The van der Waals surface area contributed by atoms with Gasteiger partial charge in [-0.1, -0.05) is 25.5 Å². The molecule has 22 heavy (non-hydrogen) atoms. The fourth-order valence-corrected chi connectivity index (χ4v) is 6.60. The molecule has 0 aliphatic heterocycles. The molecule has 0 radical (unpaired) electrons. The van der Waals surface area contributed by atoms with Crippen molar-refractivity contribution < 1.29 is 15.3 Å². The van der Waals surface area contributed by atoms with Gasteiger partial charge in [0, 0.05) is 0 Å². The lowest BCUT2D eigenvalue weighted by Crippen LogP contribution is -2.55. The van der Waals surface area contributed by atoms with E-state index in [-0.39, 0.29) is 23.0 Å². The Morgan fingerprint density at radius 3 is 2.50 bits per heavy atom. The molecule has 0 heterocycles. The molecule has 0 aromatic carbocycles. The molecule has 0 aromatic rings. The van der Waals surface area contributed by atoms with Crippen LogP contribution in [0.15, 0.2) is 11.6 Å². The Kier molecular flexibility index (Phi) is 3.32. The minimum absolute atomic E-state index is 0.00195. The fraction of sp³-hybridized carbons (Fsp3) is 0.895. The second kappa shape index (κ2) is 4.81. The van der Waals surface area contributed by atoms with Crippen molar-refractivity contribution in [3.63, 3.8) is 0 Å². The molecule has 4 aliphatic rings. The van der Waals surface area contributed by atoms with Crippen LogP contribution in [-0.2, 0) is 0 Å². The zero-order chi connectivity index (χ0) is 15.7. The van der Waals surface area contributed by atoms with Crippen molar-refractivity contribution in [2.24, 2.45) is 28.6 Å². The van der Waals surface area contributed by atoms with Gasteiger partial charge in [0.15, 0.2) is 0 Å². The zero-order valence-corrected chi connectivity index (χ0v) is 13.8. The summed E-state index contributed by atoms with van der Waals surface area (Å²) in [5.74, 6) is 1.25. The van der Waals surface area contributed by atoms with Gasteiger partial charge in [0.2, 0.25) is 0 Å². The molecule has 0 amide bonds. The van der Waals surface area contributed by atoms with Crippen LogP contribution in [0.5, 0.6) is 0 Å². The van der Waals surface area contributed by atoms with E-state index in [2.05, 4.69) is 19.9 Å². The van der Waals surface area contributed by atoms with Crippen molar-refractivity contribution in [3.8, 4) is 0 Å². The standard InChI is InChI=1S/C19H30O3/c1-18-7-5-12(20)9-11(18)10-15(21)17-13-3-4-16(22)19(13,2)8-6-14(17)18/h10,12-17,20-22H,3-9H2,1-2H3/t12?,13-,14-,15?,16-,17-,18-,19-/m0/s1. The van der Waals surface area contributed by atoms with Crippen molar-refractivity contribution in [2.75, 3.05) is 0 Å². The Labute approximate surface area is 133 Å². The Balaban J connectivity index is 1.73. The maximum atomic E-state index is 10.9. The van der Waals surface area contributed by atoms with Gasteiger partial charge in [-0.25, -0.2) is 0 Å². The van der Waals surface area contributed by atoms with Crippen LogP contribution < -0.4 is 0 Å². The Morgan fingerprint density at radius 1 is 0.955 bits per heavy atom. The number of hydrogen-bond acceptors (Lipinski definition) is 3. The first-order valence-corrected chi connectivity index (χ1v) is 9.11. The van der Waals surface area contributed by atoms with Gasteiger partial charge in [-0.3, -0.25) is 0 Å². The second-order valence-electron chi connectivity index (χ2n) is 8.92. The van der Waals surface area contributed by atoms with Crippen molar-refractivity contribution in [1.29, 1.82) is 0 Å². The van der Waals surface area contributed by atoms with E-state index < -0.39 is 6.10 Å². The largest absolute Gasteiger partial charge is 0.393 e. The topological polar surface area (TPSA) is 60.7 Å². The van der Waals surface area contributed by atoms with Gasteiger partial charge >= 0.3 is 0 Å². The number of hydrogen-bond donors (Lipinski definition) is 3. The van der Waals surface area contributed by atoms with Gasteiger partial charge < -0.3 is 15.3 Å². The molecule has 3 saturated carbocycles. The molecule has 0 spiro atoms. The average molecular weight is 306 g/mol. The van der Waals surface area contributed by atoms with E-state index in [4.69, 9.17) is 0 Å². The summed E-state index contributed by atoms with van der Waals surface area (Å²) in [6, 6.07) is 0. The van der Waals surface area contributed by atoms with Crippen LogP contribution in [0.2, 0.25) is 0 Å². The first-order chi connectivity index (χ1) is 10.4.